The van der Waals surface area contributed by atoms with E-state index in [9.17, 15) is 18.0 Å². The molecule has 154 valence electrons. The molecule has 0 spiro atoms. The topological polar surface area (TPSA) is 92.8 Å². The first-order chi connectivity index (χ1) is 13.1. The Labute approximate surface area is 170 Å². The molecule has 2 saturated carbocycles. The van der Waals surface area contributed by atoms with Crippen LogP contribution in [0.1, 0.15) is 32.6 Å². The number of hydrogen-bond acceptors (Lipinski definition) is 5. The Morgan fingerprint density at radius 2 is 1.96 bits per heavy atom. The molecule has 2 fully saturated rings. The fourth-order valence-corrected chi connectivity index (χ4v) is 5.46. The van der Waals surface area contributed by atoms with E-state index in [-0.39, 0.29) is 27.5 Å². The van der Waals surface area contributed by atoms with Gasteiger partial charge >= 0.3 is 5.97 Å². The summed E-state index contributed by atoms with van der Waals surface area (Å²) in [5.74, 6) is 0.0378. The minimum atomic E-state index is -3.76. The predicted molar refractivity (Wildman–Crippen MR) is 105 cm³/mol. The van der Waals surface area contributed by atoms with E-state index in [2.05, 4.69) is 5.32 Å². The average molecular weight is 429 g/mol. The van der Waals surface area contributed by atoms with Crippen molar-refractivity contribution < 1.29 is 22.7 Å². The number of halogens is 1. The predicted octanol–water partition coefficient (Wildman–Crippen LogP) is 2.90. The SMILES string of the molecule is C[C@@H](OC(=O)[C@H]1C[C@H]2CC[C@H]1C2)C(=O)Nc1ccc(Cl)c(S(=O)(=O)N(C)C)c1. The molecule has 2 bridgehead atoms. The second-order valence-electron chi connectivity index (χ2n) is 7.78. The molecular weight excluding hydrogens is 404 g/mol. The fraction of sp³-hybridized carbons (Fsp3) is 0.579. The van der Waals surface area contributed by atoms with Crippen LogP contribution in [-0.2, 0) is 24.3 Å². The summed E-state index contributed by atoms with van der Waals surface area (Å²) in [7, 11) is -0.963. The number of rotatable bonds is 6. The van der Waals surface area contributed by atoms with E-state index in [0.717, 1.165) is 23.6 Å². The molecule has 0 heterocycles. The zero-order valence-corrected chi connectivity index (χ0v) is 17.7. The van der Waals surface area contributed by atoms with Crippen LogP contribution in [0.4, 0.5) is 5.69 Å². The standard InChI is InChI=1S/C19H25ClN2O5S/c1-11(27-19(24)15-9-12-4-5-13(15)8-12)18(23)21-14-6-7-16(20)17(10-14)28(25,26)22(2)3/h6-7,10-13,15H,4-5,8-9H2,1-3H3,(H,21,23)/t11-,12+,13+,15+/m1/s1. The largest absolute Gasteiger partial charge is 0.452 e. The summed E-state index contributed by atoms with van der Waals surface area (Å²) in [5.41, 5.74) is 0.262. The highest BCUT2D eigenvalue weighted by Gasteiger charge is 2.44. The Kier molecular flexibility index (Phi) is 6.03. The van der Waals surface area contributed by atoms with E-state index in [1.165, 1.54) is 45.6 Å². The molecule has 7 nitrogen and oxygen atoms in total. The lowest BCUT2D eigenvalue weighted by Gasteiger charge is -2.22. The molecule has 0 unspecified atom stereocenters. The Morgan fingerprint density at radius 3 is 2.54 bits per heavy atom. The van der Waals surface area contributed by atoms with E-state index in [4.69, 9.17) is 16.3 Å². The van der Waals surface area contributed by atoms with Crippen LogP contribution < -0.4 is 5.32 Å². The molecule has 0 radical (unpaired) electrons. The summed E-state index contributed by atoms with van der Waals surface area (Å²) >= 11 is 6.01. The third-order valence-corrected chi connectivity index (χ3v) is 7.96. The van der Waals surface area contributed by atoms with Crippen LogP contribution >= 0.6 is 11.6 Å². The lowest BCUT2D eigenvalue weighted by atomic mass is 9.89. The van der Waals surface area contributed by atoms with Crippen molar-refractivity contribution in [2.24, 2.45) is 17.8 Å². The van der Waals surface area contributed by atoms with Gasteiger partial charge in [0.15, 0.2) is 6.10 Å². The van der Waals surface area contributed by atoms with E-state index in [0.29, 0.717) is 11.8 Å². The van der Waals surface area contributed by atoms with Gasteiger partial charge in [-0.25, -0.2) is 12.7 Å². The van der Waals surface area contributed by atoms with Gasteiger partial charge < -0.3 is 10.1 Å². The summed E-state index contributed by atoms with van der Waals surface area (Å²) in [6.07, 6.45) is 3.18. The van der Waals surface area contributed by atoms with Gasteiger partial charge in [-0.2, -0.15) is 0 Å². The van der Waals surface area contributed by atoms with Gasteiger partial charge in [-0.3, -0.25) is 9.59 Å². The number of fused-ring (bicyclic) bond motifs is 2. The van der Waals surface area contributed by atoms with Gasteiger partial charge in [-0.15, -0.1) is 0 Å². The van der Waals surface area contributed by atoms with Gasteiger partial charge in [0.25, 0.3) is 5.91 Å². The molecule has 28 heavy (non-hydrogen) atoms. The number of carbonyl (C=O) groups is 2. The second kappa shape index (κ2) is 8.00. The number of esters is 1. The molecule has 0 saturated heterocycles. The number of amides is 1. The number of nitrogens with zero attached hydrogens (tertiary/aromatic N) is 1. The monoisotopic (exact) mass is 428 g/mol. The van der Waals surface area contributed by atoms with Crippen molar-refractivity contribution in [2.45, 2.75) is 43.6 Å². The summed E-state index contributed by atoms with van der Waals surface area (Å²) in [6, 6.07) is 4.19. The first kappa shape index (κ1) is 21.1. The van der Waals surface area contributed by atoms with Crippen LogP contribution in [0.25, 0.3) is 0 Å². The van der Waals surface area contributed by atoms with Crippen molar-refractivity contribution in [1.82, 2.24) is 4.31 Å². The highest BCUT2D eigenvalue weighted by atomic mass is 35.5. The molecule has 2 aliphatic rings. The van der Waals surface area contributed by atoms with Crippen molar-refractivity contribution in [3.05, 3.63) is 23.2 Å². The normalized spacial score (nSPS) is 25.0. The van der Waals surface area contributed by atoms with Crippen LogP contribution in [0.5, 0.6) is 0 Å². The van der Waals surface area contributed by atoms with Crippen LogP contribution in [0.2, 0.25) is 5.02 Å². The zero-order valence-electron chi connectivity index (χ0n) is 16.1. The third kappa shape index (κ3) is 4.18. The van der Waals surface area contributed by atoms with Crippen molar-refractivity contribution >= 4 is 39.2 Å². The maximum Gasteiger partial charge on any atom is 0.309 e. The third-order valence-electron chi connectivity index (χ3n) is 5.66. The van der Waals surface area contributed by atoms with Crippen molar-refractivity contribution in [3.8, 4) is 0 Å². The lowest BCUT2D eigenvalue weighted by molar-refractivity contribution is -0.158. The van der Waals surface area contributed by atoms with E-state index < -0.39 is 22.0 Å². The number of hydrogen-bond donors (Lipinski definition) is 1. The molecule has 4 atom stereocenters. The molecule has 1 aromatic rings. The van der Waals surface area contributed by atoms with Crippen molar-refractivity contribution in [2.75, 3.05) is 19.4 Å². The molecule has 2 aliphatic carbocycles. The lowest BCUT2D eigenvalue weighted by Crippen LogP contribution is -2.33. The summed E-state index contributed by atoms with van der Waals surface area (Å²) in [6.45, 7) is 1.51. The highest BCUT2D eigenvalue weighted by Crippen LogP contribution is 2.48. The first-order valence-electron chi connectivity index (χ1n) is 9.33. The molecule has 0 aliphatic heterocycles. The number of sulfonamides is 1. The maximum absolute atomic E-state index is 12.4. The molecule has 1 N–H and O–H groups in total. The molecule has 1 amide bonds. The zero-order chi connectivity index (χ0) is 20.6. The van der Waals surface area contributed by atoms with Crippen LogP contribution in [0, 0.1) is 17.8 Å². The average Bonchev–Trinajstić information content (AvgIpc) is 3.26. The van der Waals surface area contributed by atoms with E-state index in [1.54, 1.807) is 0 Å². The van der Waals surface area contributed by atoms with Gasteiger partial charge in [0.2, 0.25) is 10.0 Å². The number of ether oxygens (including phenoxy) is 1. The number of carbonyl (C=O) groups excluding carboxylic acids is 2. The van der Waals surface area contributed by atoms with Crippen molar-refractivity contribution in [1.29, 1.82) is 0 Å². The van der Waals surface area contributed by atoms with E-state index >= 15 is 0 Å². The fourth-order valence-electron chi connectivity index (χ4n) is 4.07. The molecule has 0 aromatic heterocycles. The summed E-state index contributed by atoms with van der Waals surface area (Å²) < 4.78 is 31.1. The highest BCUT2D eigenvalue weighted by molar-refractivity contribution is 7.89. The number of anilines is 1. The van der Waals surface area contributed by atoms with Gasteiger partial charge in [-0.1, -0.05) is 18.0 Å². The van der Waals surface area contributed by atoms with Crippen molar-refractivity contribution in [3.63, 3.8) is 0 Å². The summed E-state index contributed by atoms with van der Waals surface area (Å²) in [5, 5.41) is 2.65. The summed E-state index contributed by atoms with van der Waals surface area (Å²) in [4.78, 5) is 24.7. The van der Waals surface area contributed by atoms with Crippen LogP contribution in [-0.4, -0.2) is 44.8 Å². The van der Waals surface area contributed by atoms with Gasteiger partial charge in [-0.05, 0) is 56.2 Å². The van der Waals surface area contributed by atoms with Crippen LogP contribution in [0.3, 0.4) is 0 Å². The molecule has 9 heteroatoms. The number of nitrogens with one attached hydrogen (secondary N) is 1. The Hall–Kier alpha value is -1.64. The second-order valence-corrected chi connectivity index (χ2v) is 10.3. The molecule has 1 aromatic carbocycles. The quantitative estimate of drug-likeness (QED) is 0.703. The van der Waals surface area contributed by atoms with Gasteiger partial charge in [0.05, 0.1) is 10.9 Å². The smallest absolute Gasteiger partial charge is 0.309 e. The van der Waals surface area contributed by atoms with Crippen LogP contribution in [0.15, 0.2) is 23.1 Å². The Balaban J connectivity index is 1.65. The number of benzene rings is 1. The van der Waals surface area contributed by atoms with E-state index in [1.807, 2.05) is 0 Å². The Morgan fingerprint density at radius 1 is 1.25 bits per heavy atom. The Bertz CT molecular complexity index is 886. The maximum atomic E-state index is 12.4. The first-order valence-corrected chi connectivity index (χ1v) is 11.1. The van der Waals surface area contributed by atoms with Gasteiger partial charge in [0.1, 0.15) is 4.90 Å². The minimum absolute atomic E-state index is 0.0578. The minimum Gasteiger partial charge on any atom is -0.452 e. The van der Waals surface area contributed by atoms with Gasteiger partial charge in [0, 0.05) is 19.8 Å². The molecular formula is C19H25ClN2O5S. The molecule has 3 rings (SSSR count).